The van der Waals surface area contributed by atoms with E-state index in [4.69, 9.17) is 4.74 Å². The van der Waals surface area contributed by atoms with Crippen LogP contribution in [0.2, 0.25) is 0 Å². The summed E-state index contributed by atoms with van der Waals surface area (Å²) in [5.41, 5.74) is 2.62. The standard InChI is InChI=1S/C26H32N4O4/c1-4-28(5-2)25(32)18-12-13-21-23(15-18)30(26(33)22-11-6-7-14-29(21)22)17-24(31)27-19-9-8-10-20(16-19)34-3/h8-10,12-13,15-16,22H,4-7,11,14,17H2,1-3H3,(H,27,31)/t22-/m0/s1. The Hall–Kier alpha value is -3.55. The lowest BCUT2D eigenvalue weighted by Gasteiger charge is -2.45. The Labute approximate surface area is 200 Å². The predicted octanol–water partition coefficient (Wildman–Crippen LogP) is 3.52. The highest BCUT2D eigenvalue weighted by molar-refractivity contribution is 6.11. The third-order valence-corrected chi connectivity index (χ3v) is 6.58. The summed E-state index contributed by atoms with van der Waals surface area (Å²) in [6.45, 7) is 5.75. The van der Waals surface area contributed by atoms with Crippen LogP contribution in [0.5, 0.6) is 5.75 Å². The Morgan fingerprint density at radius 2 is 1.88 bits per heavy atom. The smallest absolute Gasteiger partial charge is 0.253 e. The molecule has 34 heavy (non-hydrogen) atoms. The van der Waals surface area contributed by atoms with Crippen LogP contribution in [0.4, 0.5) is 17.1 Å². The minimum absolute atomic E-state index is 0.0817. The van der Waals surface area contributed by atoms with Crippen molar-refractivity contribution in [3.05, 3.63) is 48.0 Å². The highest BCUT2D eigenvalue weighted by atomic mass is 16.5. The summed E-state index contributed by atoms with van der Waals surface area (Å²) in [6, 6.07) is 12.3. The molecule has 2 aromatic carbocycles. The van der Waals surface area contributed by atoms with E-state index in [1.54, 1.807) is 42.3 Å². The Bertz CT molecular complexity index is 1080. The topological polar surface area (TPSA) is 82.2 Å². The molecule has 2 aliphatic rings. The number of nitrogens with zero attached hydrogens (tertiary/aromatic N) is 3. The highest BCUT2D eigenvalue weighted by Crippen LogP contribution is 2.40. The van der Waals surface area contributed by atoms with Gasteiger partial charge >= 0.3 is 0 Å². The van der Waals surface area contributed by atoms with Gasteiger partial charge in [0.1, 0.15) is 18.3 Å². The molecule has 1 fully saturated rings. The lowest BCUT2D eigenvalue weighted by Crippen LogP contribution is -2.56. The molecule has 1 atom stereocenters. The molecule has 0 radical (unpaired) electrons. The third-order valence-electron chi connectivity index (χ3n) is 6.58. The summed E-state index contributed by atoms with van der Waals surface area (Å²) in [4.78, 5) is 44.9. The summed E-state index contributed by atoms with van der Waals surface area (Å²) < 4.78 is 5.23. The fraction of sp³-hybridized carbons (Fsp3) is 0.423. The average molecular weight is 465 g/mol. The molecule has 4 rings (SSSR count). The first kappa shape index (κ1) is 23.6. The van der Waals surface area contributed by atoms with Crippen LogP contribution in [0, 0.1) is 0 Å². The van der Waals surface area contributed by atoms with Crippen molar-refractivity contribution < 1.29 is 19.1 Å². The predicted molar refractivity (Wildman–Crippen MR) is 133 cm³/mol. The van der Waals surface area contributed by atoms with Gasteiger partial charge in [0.2, 0.25) is 11.8 Å². The first-order valence-corrected chi connectivity index (χ1v) is 11.9. The van der Waals surface area contributed by atoms with Crippen molar-refractivity contribution in [1.82, 2.24) is 4.90 Å². The van der Waals surface area contributed by atoms with Crippen LogP contribution in [0.15, 0.2) is 42.5 Å². The van der Waals surface area contributed by atoms with Gasteiger partial charge in [0.25, 0.3) is 5.91 Å². The largest absolute Gasteiger partial charge is 0.497 e. The van der Waals surface area contributed by atoms with Crippen LogP contribution in [-0.2, 0) is 9.59 Å². The summed E-state index contributed by atoms with van der Waals surface area (Å²) in [7, 11) is 1.57. The first-order chi connectivity index (χ1) is 16.5. The van der Waals surface area contributed by atoms with E-state index in [-0.39, 0.29) is 30.3 Å². The molecule has 2 aromatic rings. The second kappa shape index (κ2) is 10.2. The summed E-state index contributed by atoms with van der Waals surface area (Å²) in [5, 5.41) is 2.86. The van der Waals surface area contributed by atoms with E-state index in [1.165, 1.54) is 4.90 Å². The van der Waals surface area contributed by atoms with Gasteiger partial charge in [0, 0.05) is 37.0 Å². The second-order valence-electron chi connectivity index (χ2n) is 8.59. The van der Waals surface area contributed by atoms with Crippen LogP contribution < -0.4 is 19.9 Å². The van der Waals surface area contributed by atoms with Crippen molar-refractivity contribution in [2.24, 2.45) is 0 Å². The van der Waals surface area contributed by atoms with Crippen LogP contribution in [0.1, 0.15) is 43.5 Å². The first-order valence-electron chi connectivity index (χ1n) is 11.9. The number of carbonyl (C=O) groups excluding carboxylic acids is 3. The Balaban J connectivity index is 1.65. The zero-order chi connectivity index (χ0) is 24.2. The number of carbonyl (C=O) groups is 3. The Kier molecular flexibility index (Phi) is 7.05. The van der Waals surface area contributed by atoms with E-state index in [1.807, 2.05) is 26.0 Å². The minimum atomic E-state index is -0.308. The lowest BCUT2D eigenvalue weighted by atomic mass is 9.95. The van der Waals surface area contributed by atoms with Crippen LogP contribution >= 0.6 is 0 Å². The van der Waals surface area contributed by atoms with Crippen molar-refractivity contribution in [1.29, 1.82) is 0 Å². The molecule has 0 aromatic heterocycles. The van der Waals surface area contributed by atoms with Crippen molar-refractivity contribution in [2.75, 3.05) is 48.4 Å². The molecule has 0 aliphatic carbocycles. The van der Waals surface area contributed by atoms with E-state index in [0.717, 1.165) is 31.5 Å². The SMILES string of the molecule is CCN(CC)C(=O)c1ccc2c(c1)N(CC(=O)Nc1cccc(OC)c1)C(=O)[C@@H]1CCCCN21. The van der Waals surface area contributed by atoms with Gasteiger partial charge in [-0.3, -0.25) is 19.3 Å². The Morgan fingerprint density at radius 3 is 2.62 bits per heavy atom. The maximum atomic E-state index is 13.5. The molecular weight excluding hydrogens is 432 g/mol. The van der Waals surface area contributed by atoms with Gasteiger partial charge in [-0.05, 0) is 63.4 Å². The molecule has 3 amide bonds. The van der Waals surface area contributed by atoms with Crippen molar-refractivity contribution >= 4 is 34.8 Å². The number of rotatable bonds is 7. The summed E-state index contributed by atoms with van der Waals surface area (Å²) in [5.74, 6) is 0.147. The van der Waals surface area contributed by atoms with Gasteiger partial charge in [0.05, 0.1) is 18.5 Å². The van der Waals surface area contributed by atoms with Gasteiger partial charge in [0.15, 0.2) is 0 Å². The molecule has 1 N–H and O–H groups in total. The van der Waals surface area contributed by atoms with E-state index in [0.29, 0.717) is 35.8 Å². The van der Waals surface area contributed by atoms with Gasteiger partial charge in [-0.15, -0.1) is 0 Å². The molecule has 8 nitrogen and oxygen atoms in total. The quantitative estimate of drug-likeness (QED) is 0.678. The number of piperidine rings is 1. The van der Waals surface area contributed by atoms with E-state index < -0.39 is 0 Å². The number of benzene rings is 2. The molecule has 0 saturated carbocycles. The number of hydrogen-bond acceptors (Lipinski definition) is 5. The highest BCUT2D eigenvalue weighted by Gasteiger charge is 2.40. The number of methoxy groups -OCH3 is 1. The molecule has 0 bridgehead atoms. The molecule has 0 spiro atoms. The zero-order valence-electron chi connectivity index (χ0n) is 20.0. The zero-order valence-corrected chi connectivity index (χ0v) is 20.0. The molecule has 1 saturated heterocycles. The maximum absolute atomic E-state index is 13.5. The maximum Gasteiger partial charge on any atom is 0.253 e. The van der Waals surface area contributed by atoms with Gasteiger partial charge in [-0.25, -0.2) is 0 Å². The third kappa shape index (κ3) is 4.58. The van der Waals surface area contributed by atoms with Crippen molar-refractivity contribution in [3.63, 3.8) is 0 Å². The van der Waals surface area contributed by atoms with Gasteiger partial charge in [-0.1, -0.05) is 6.07 Å². The molecule has 180 valence electrons. The summed E-state index contributed by atoms with van der Waals surface area (Å²) in [6.07, 6.45) is 2.75. The van der Waals surface area contributed by atoms with Crippen molar-refractivity contribution in [3.8, 4) is 5.75 Å². The second-order valence-corrected chi connectivity index (χ2v) is 8.59. The van der Waals surface area contributed by atoms with Gasteiger partial charge < -0.3 is 19.9 Å². The fourth-order valence-corrected chi connectivity index (χ4v) is 4.79. The monoisotopic (exact) mass is 464 g/mol. The van der Waals surface area contributed by atoms with Crippen LogP contribution in [0.25, 0.3) is 0 Å². The number of ether oxygens (including phenoxy) is 1. The van der Waals surface area contributed by atoms with E-state index in [9.17, 15) is 14.4 Å². The molecule has 2 heterocycles. The van der Waals surface area contributed by atoms with E-state index >= 15 is 0 Å². The number of anilines is 3. The molecule has 0 unspecified atom stereocenters. The number of hydrogen-bond donors (Lipinski definition) is 1. The molecule has 8 heteroatoms. The van der Waals surface area contributed by atoms with E-state index in [2.05, 4.69) is 10.2 Å². The van der Waals surface area contributed by atoms with Crippen LogP contribution in [-0.4, -0.2) is 62.0 Å². The number of amides is 3. The van der Waals surface area contributed by atoms with Crippen molar-refractivity contribution in [2.45, 2.75) is 39.2 Å². The number of fused-ring (bicyclic) bond motifs is 3. The molecular formula is C26H32N4O4. The average Bonchev–Trinajstić information content (AvgIpc) is 2.87. The van der Waals surface area contributed by atoms with Gasteiger partial charge in [-0.2, -0.15) is 0 Å². The normalized spacial score (nSPS) is 17.0. The number of nitrogens with one attached hydrogen (secondary N) is 1. The minimum Gasteiger partial charge on any atom is -0.497 e. The fourth-order valence-electron chi connectivity index (χ4n) is 4.79. The Morgan fingerprint density at radius 1 is 1.09 bits per heavy atom. The molecule has 2 aliphatic heterocycles. The van der Waals surface area contributed by atoms with Crippen LogP contribution in [0.3, 0.4) is 0 Å². The summed E-state index contributed by atoms with van der Waals surface area (Å²) >= 11 is 0. The lowest BCUT2D eigenvalue weighted by molar-refractivity contribution is -0.123.